The molecule has 1 heterocycles. The minimum absolute atomic E-state index is 0.0888. The topological polar surface area (TPSA) is 76.4 Å². The van der Waals surface area contributed by atoms with Gasteiger partial charge in [-0.3, -0.25) is 4.79 Å². The van der Waals surface area contributed by atoms with Crippen molar-refractivity contribution in [2.45, 2.75) is 18.2 Å². The van der Waals surface area contributed by atoms with Gasteiger partial charge in [-0.15, -0.1) is 0 Å². The SMILES string of the molecule is CCS(=O)(=O)c1ccc(CCNC(=O)c2ccco2)cc1. The summed E-state index contributed by atoms with van der Waals surface area (Å²) >= 11 is 0. The van der Waals surface area contributed by atoms with Gasteiger partial charge in [0.2, 0.25) is 0 Å². The van der Waals surface area contributed by atoms with E-state index < -0.39 is 9.84 Å². The van der Waals surface area contributed by atoms with Crippen molar-refractivity contribution in [1.29, 1.82) is 0 Å². The van der Waals surface area contributed by atoms with Crippen LogP contribution in [0.5, 0.6) is 0 Å². The van der Waals surface area contributed by atoms with E-state index in [9.17, 15) is 13.2 Å². The fourth-order valence-corrected chi connectivity index (χ4v) is 2.73. The fourth-order valence-electron chi connectivity index (χ4n) is 1.85. The molecule has 5 nitrogen and oxygen atoms in total. The Morgan fingerprint density at radius 3 is 2.48 bits per heavy atom. The van der Waals surface area contributed by atoms with E-state index in [0.29, 0.717) is 17.9 Å². The monoisotopic (exact) mass is 307 g/mol. The molecule has 0 aliphatic heterocycles. The van der Waals surface area contributed by atoms with Crippen LogP contribution in [0.25, 0.3) is 0 Å². The molecule has 1 aromatic carbocycles. The Balaban J connectivity index is 1.88. The van der Waals surface area contributed by atoms with Gasteiger partial charge < -0.3 is 9.73 Å². The second kappa shape index (κ2) is 6.58. The number of rotatable bonds is 6. The van der Waals surface area contributed by atoms with E-state index in [1.165, 1.54) is 6.26 Å². The normalized spacial score (nSPS) is 11.3. The smallest absolute Gasteiger partial charge is 0.286 e. The molecule has 0 saturated carbocycles. The summed E-state index contributed by atoms with van der Waals surface area (Å²) in [6.07, 6.45) is 2.07. The first kappa shape index (κ1) is 15.3. The zero-order chi connectivity index (χ0) is 15.3. The lowest BCUT2D eigenvalue weighted by molar-refractivity contribution is 0.0926. The van der Waals surface area contributed by atoms with Gasteiger partial charge in [-0.1, -0.05) is 19.1 Å². The maximum Gasteiger partial charge on any atom is 0.286 e. The summed E-state index contributed by atoms with van der Waals surface area (Å²) < 4.78 is 28.3. The van der Waals surface area contributed by atoms with E-state index in [2.05, 4.69) is 5.32 Å². The van der Waals surface area contributed by atoms with E-state index in [4.69, 9.17) is 4.42 Å². The van der Waals surface area contributed by atoms with Gasteiger partial charge in [-0.05, 0) is 36.2 Å². The van der Waals surface area contributed by atoms with Crippen LogP contribution in [-0.2, 0) is 16.3 Å². The molecule has 0 aliphatic carbocycles. The summed E-state index contributed by atoms with van der Waals surface area (Å²) in [4.78, 5) is 12.0. The van der Waals surface area contributed by atoms with Crippen molar-refractivity contribution in [2.75, 3.05) is 12.3 Å². The maximum absolute atomic E-state index is 11.7. The molecule has 0 unspecified atom stereocenters. The predicted octanol–water partition coefficient (Wildman–Crippen LogP) is 2.05. The van der Waals surface area contributed by atoms with Crippen molar-refractivity contribution >= 4 is 15.7 Å². The molecule has 21 heavy (non-hydrogen) atoms. The molecule has 1 N–H and O–H groups in total. The van der Waals surface area contributed by atoms with Crippen LogP contribution in [0.2, 0.25) is 0 Å². The highest BCUT2D eigenvalue weighted by Gasteiger charge is 2.11. The minimum Gasteiger partial charge on any atom is -0.459 e. The molecule has 1 aromatic heterocycles. The number of benzene rings is 1. The van der Waals surface area contributed by atoms with E-state index in [1.807, 2.05) is 0 Å². The zero-order valence-electron chi connectivity index (χ0n) is 11.7. The molecule has 0 aliphatic rings. The van der Waals surface area contributed by atoms with Gasteiger partial charge in [0.05, 0.1) is 16.9 Å². The van der Waals surface area contributed by atoms with Crippen molar-refractivity contribution in [2.24, 2.45) is 0 Å². The number of hydrogen-bond donors (Lipinski definition) is 1. The molecule has 2 aromatic rings. The van der Waals surface area contributed by atoms with Gasteiger partial charge in [0.1, 0.15) is 0 Å². The van der Waals surface area contributed by atoms with Gasteiger partial charge in [-0.2, -0.15) is 0 Å². The zero-order valence-corrected chi connectivity index (χ0v) is 12.5. The number of carbonyl (C=O) groups excluding carboxylic acids is 1. The highest BCUT2D eigenvalue weighted by Crippen LogP contribution is 2.12. The molecule has 0 bridgehead atoms. The van der Waals surface area contributed by atoms with Gasteiger partial charge in [0.15, 0.2) is 15.6 Å². The molecule has 0 radical (unpaired) electrons. The molecule has 0 atom stereocenters. The summed E-state index contributed by atoms with van der Waals surface area (Å²) in [6.45, 7) is 2.08. The van der Waals surface area contributed by atoms with Crippen LogP contribution in [0.3, 0.4) is 0 Å². The third-order valence-corrected chi connectivity index (χ3v) is 4.86. The lowest BCUT2D eigenvalue weighted by atomic mass is 10.1. The summed E-state index contributed by atoms with van der Waals surface area (Å²) in [6, 6.07) is 9.98. The number of hydrogen-bond acceptors (Lipinski definition) is 4. The van der Waals surface area contributed by atoms with E-state index in [-0.39, 0.29) is 17.4 Å². The van der Waals surface area contributed by atoms with Crippen LogP contribution in [-0.4, -0.2) is 26.6 Å². The minimum atomic E-state index is -3.16. The Bertz CT molecular complexity index is 688. The average Bonchev–Trinajstić information content (AvgIpc) is 3.02. The lowest BCUT2D eigenvalue weighted by Gasteiger charge is -2.05. The van der Waals surface area contributed by atoms with Gasteiger partial charge in [0.25, 0.3) is 5.91 Å². The highest BCUT2D eigenvalue weighted by molar-refractivity contribution is 7.91. The Morgan fingerprint density at radius 2 is 1.90 bits per heavy atom. The summed E-state index contributed by atoms with van der Waals surface area (Å²) in [5, 5.41) is 2.74. The summed E-state index contributed by atoms with van der Waals surface area (Å²) in [5.41, 5.74) is 0.963. The highest BCUT2D eigenvalue weighted by atomic mass is 32.2. The molecule has 1 amide bonds. The Hall–Kier alpha value is -2.08. The molecule has 6 heteroatoms. The molecular formula is C15H17NO4S. The van der Waals surface area contributed by atoms with E-state index in [0.717, 1.165) is 5.56 Å². The first-order chi connectivity index (χ1) is 10.0. The molecule has 112 valence electrons. The first-order valence-corrected chi connectivity index (χ1v) is 8.31. The Kier molecular flexibility index (Phi) is 4.80. The number of nitrogens with one attached hydrogen (secondary N) is 1. The molecule has 2 rings (SSSR count). The lowest BCUT2D eigenvalue weighted by Crippen LogP contribution is -2.25. The average molecular weight is 307 g/mol. The van der Waals surface area contributed by atoms with Crippen LogP contribution < -0.4 is 5.32 Å². The van der Waals surface area contributed by atoms with Crippen LogP contribution in [0, 0.1) is 0 Å². The van der Waals surface area contributed by atoms with Crippen molar-refractivity contribution < 1.29 is 17.6 Å². The molecular weight excluding hydrogens is 290 g/mol. The predicted molar refractivity (Wildman–Crippen MR) is 78.9 cm³/mol. The summed E-state index contributed by atoms with van der Waals surface area (Å²) in [7, 11) is -3.16. The number of furan rings is 1. The van der Waals surface area contributed by atoms with Crippen LogP contribution in [0.4, 0.5) is 0 Å². The van der Waals surface area contributed by atoms with Crippen molar-refractivity contribution in [3.8, 4) is 0 Å². The molecule has 0 fully saturated rings. The maximum atomic E-state index is 11.7. The van der Waals surface area contributed by atoms with Crippen LogP contribution in [0.15, 0.2) is 52.0 Å². The Morgan fingerprint density at radius 1 is 1.19 bits per heavy atom. The standard InChI is InChI=1S/C15H17NO4S/c1-2-21(18,19)13-7-5-12(6-8-13)9-10-16-15(17)14-4-3-11-20-14/h3-8,11H,2,9-10H2,1H3,(H,16,17). The van der Waals surface area contributed by atoms with Crippen molar-refractivity contribution in [3.05, 3.63) is 54.0 Å². The van der Waals surface area contributed by atoms with E-state index in [1.54, 1.807) is 43.3 Å². The quantitative estimate of drug-likeness (QED) is 0.886. The first-order valence-electron chi connectivity index (χ1n) is 6.66. The molecule has 0 spiro atoms. The van der Waals surface area contributed by atoms with Gasteiger partial charge >= 0.3 is 0 Å². The fraction of sp³-hybridized carbons (Fsp3) is 0.267. The van der Waals surface area contributed by atoms with Gasteiger partial charge in [-0.25, -0.2) is 8.42 Å². The second-order valence-electron chi connectivity index (χ2n) is 4.53. The second-order valence-corrected chi connectivity index (χ2v) is 6.81. The number of amides is 1. The molecule has 0 saturated heterocycles. The summed E-state index contributed by atoms with van der Waals surface area (Å²) in [5.74, 6) is 0.107. The van der Waals surface area contributed by atoms with Crippen molar-refractivity contribution in [3.63, 3.8) is 0 Å². The van der Waals surface area contributed by atoms with E-state index >= 15 is 0 Å². The van der Waals surface area contributed by atoms with Crippen LogP contribution in [0.1, 0.15) is 23.0 Å². The number of carbonyl (C=O) groups is 1. The third-order valence-electron chi connectivity index (χ3n) is 3.11. The largest absolute Gasteiger partial charge is 0.459 e. The van der Waals surface area contributed by atoms with Crippen LogP contribution >= 0.6 is 0 Å². The third kappa shape index (κ3) is 3.95. The number of sulfone groups is 1. The van der Waals surface area contributed by atoms with Gasteiger partial charge in [0, 0.05) is 6.54 Å². The Labute approximate surface area is 123 Å². The van der Waals surface area contributed by atoms with Crippen molar-refractivity contribution in [1.82, 2.24) is 5.32 Å².